The molecule has 2 N–H and O–H groups in total. The Morgan fingerprint density at radius 2 is 2.11 bits per heavy atom. The van der Waals surface area contributed by atoms with Gasteiger partial charge in [0.1, 0.15) is 5.82 Å². The third-order valence-electron chi connectivity index (χ3n) is 3.87. The normalized spacial score (nSPS) is 17.1. The van der Waals surface area contributed by atoms with E-state index in [2.05, 4.69) is 39.2 Å². The molecule has 1 aromatic rings. The van der Waals surface area contributed by atoms with E-state index in [1.165, 1.54) is 25.7 Å². The topological polar surface area (TPSA) is 56.8 Å². The number of piperidine rings is 1. The molecule has 1 aliphatic heterocycles. The average Bonchev–Trinajstić information content (AvgIpc) is 2.92. The van der Waals surface area contributed by atoms with Crippen LogP contribution in [0, 0.1) is 5.92 Å². The molecule has 1 aromatic heterocycles. The molecule has 1 saturated heterocycles. The van der Waals surface area contributed by atoms with Gasteiger partial charge in [0, 0.05) is 19.5 Å². The van der Waals surface area contributed by atoms with Gasteiger partial charge in [0.25, 0.3) is 0 Å². The van der Waals surface area contributed by atoms with Crippen LogP contribution in [0.1, 0.15) is 45.4 Å². The summed E-state index contributed by atoms with van der Waals surface area (Å²) < 4.78 is 0. The number of hydrogen-bond acceptors (Lipinski definition) is 4. The van der Waals surface area contributed by atoms with Gasteiger partial charge in [-0.3, -0.25) is 5.10 Å². The SMILES string of the molecule is CCCCc1nc(N2CCC(CNCC)CC2)n[nH]1. The highest BCUT2D eigenvalue weighted by molar-refractivity contribution is 5.29. The van der Waals surface area contributed by atoms with E-state index in [9.17, 15) is 0 Å². The van der Waals surface area contributed by atoms with Crippen LogP contribution in [0.5, 0.6) is 0 Å². The molecule has 2 rings (SSSR count). The largest absolute Gasteiger partial charge is 0.340 e. The molecule has 1 fully saturated rings. The first-order chi connectivity index (χ1) is 9.33. The summed E-state index contributed by atoms with van der Waals surface area (Å²) in [6, 6.07) is 0. The van der Waals surface area contributed by atoms with E-state index in [0.717, 1.165) is 50.3 Å². The standard InChI is InChI=1S/C14H27N5/c1-3-5-6-13-16-14(18-17-13)19-9-7-12(8-10-19)11-15-4-2/h12,15H,3-11H2,1-2H3,(H,16,17,18). The molecule has 2 heterocycles. The van der Waals surface area contributed by atoms with Gasteiger partial charge in [-0.25, -0.2) is 0 Å². The molecular weight excluding hydrogens is 238 g/mol. The van der Waals surface area contributed by atoms with Crippen molar-refractivity contribution < 1.29 is 0 Å². The molecule has 5 heteroatoms. The summed E-state index contributed by atoms with van der Waals surface area (Å²) in [4.78, 5) is 6.92. The predicted octanol–water partition coefficient (Wildman–Crippen LogP) is 1.97. The van der Waals surface area contributed by atoms with Gasteiger partial charge in [-0.1, -0.05) is 20.3 Å². The number of nitrogens with one attached hydrogen (secondary N) is 2. The van der Waals surface area contributed by atoms with E-state index >= 15 is 0 Å². The maximum atomic E-state index is 4.60. The van der Waals surface area contributed by atoms with Crippen LogP contribution >= 0.6 is 0 Å². The molecule has 108 valence electrons. The molecule has 0 aliphatic carbocycles. The van der Waals surface area contributed by atoms with Crippen LogP contribution in [0.15, 0.2) is 0 Å². The second kappa shape index (κ2) is 7.48. The number of aromatic nitrogens is 3. The van der Waals surface area contributed by atoms with Crippen molar-refractivity contribution in [3.8, 4) is 0 Å². The fourth-order valence-electron chi connectivity index (χ4n) is 2.57. The van der Waals surface area contributed by atoms with E-state index in [1.54, 1.807) is 0 Å². The van der Waals surface area contributed by atoms with Crippen LogP contribution in [-0.4, -0.2) is 41.4 Å². The minimum Gasteiger partial charge on any atom is -0.340 e. The molecule has 19 heavy (non-hydrogen) atoms. The maximum Gasteiger partial charge on any atom is 0.244 e. The average molecular weight is 265 g/mol. The smallest absolute Gasteiger partial charge is 0.244 e. The Balaban J connectivity index is 1.78. The Hall–Kier alpha value is -1.10. The Morgan fingerprint density at radius 3 is 2.79 bits per heavy atom. The number of anilines is 1. The van der Waals surface area contributed by atoms with E-state index in [1.807, 2.05) is 0 Å². The fourth-order valence-corrected chi connectivity index (χ4v) is 2.57. The van der Waals surface area contributed by atoms with Crippen molar-refractivity contribution in [2.24, 2.45) is 5.92 Å². The number of H-pyrrole nitrogens is 1. The summed E-state index contributed by atoms with van der Waals surface area (Å²) in [6.07, 6.45) is 5.88. The monoisotopic (exact) mass is 265 g/mol. The third kappa shape index (κ3) is 4.20. The lowest BCUT2D eigenvalue weighted by molar-refractivity contribution is 0.384. The first kappa shape index (κ1) is 14.3. The molecule has 0 saturated carbocycles. The number of hydrogen-bond donors (Lipinski definition) is 2. The van der Waals surface area contributed by atoms with Gasteiger partial charge in [0.05, 0.1) is 0 Å². The first-order valence-electron chi connectivity index (χ1n) is 7.70. The van der Waals surface area contributed by atoms with Crippen molar-refractivity contribution in [1.82, 2.24) is 20.5 Å². The summed E-state index contributed by atoms with van der Waals surface area (Å²) in [7, 11) is 0. The number of nitrogens with zero attached hydrogens (tertiary/aromatic N) is 3. The number of aryl methyl sites for hydroxylation is 1. The Kier molecular flexibility index (Phi) is 5.63. The molecule has 0 unspecified atom stereocenters. The van der Waals surface area contributed by atoms with Gasteiger partial charge in [-0.15, -0.1) is 5.10 Å². The molecular formula is C14H27N5. The highest BCUT2D eigenvalue weighted by Gasteiger charge is 2.21. The van der Waals surface area contributed by atoms with Gasteiger partial charge in [-0.05, 0) is 38.3 Å². The first-order valence-corrected chi connectivity index (χ1v) is 7.70. The number of unbranched alkanes of at least 4 members (excludes halogenated alkanes) is 1. The summed E-state index contributed by atoms with van der Waals surface area (Å²) in [5.41, 5.74) is 0. The second-order valence-electron chi connectivity index (χ2n) is 5.42. The second-order valence-corrected chi connectivity index (χ2v) is 5.42. The van der Waals surface area contributed by atoms with Crippen LogP contribution < -0.4 is 10.2 Å². The van der Waals surface area contributed by atoms with E-state index in [4.69, 9.17) is 0 Å². The minimum absolute atomic E-state index is 0.815. The van der Waals surface area contributed by atoms with Crippen LogP contribution in [0.3, 0.4) is 0 Å². The van der Waals surface area contributed by atoms with E-state index in [0.29, 0.717) is 0 Å². The summed E-state index contributed by atoms with van der Waals surface area (Å²) in [5, 5.41) is 10.9. The van der Waals surface area contributed by atoms with Gasteiger partial charge in [0.15, 0.2) is 0 Å². The van der Waals surface area contributed by atoms with Crippen molar-refractivity contribution >= 4 is 5.95 Å². The van der Waals surface area contributed by atoms with Gasteiger partial charge in [-0.2, -0.15) is 4.98 Å². The van der Waals surface area contributed by atoms with E-state index in [-0.39, 0.29) is 0 Å². The van der Waals surface area contributed by atoms with Crippen molar-refractivity contribution in [1.29, 1.82) is 0 Å². The number of aromatic amines is 1. The van der Waals surface area contributed by atoms with Gasteiger partial charge >= 0.3 is 0 Å². The summed E-state index contributed by atoms with van der Waals surface area (Å²) in [5.74, 6) is 2.74. The molecule has 1 aliphatic rings. The Morgan fingerprint density at radius 1 is 1.32 bits per heavy atom. The summed E-state index contributed by atoms with van der Waals surface area (Å²) >= 11 is 0. The van der Waals surface area contributed by atoms with Crippen LogP contribution in [0.2, 0.25) is 0 Å². The number of rotatable bonds is 7. The molecule has 0 bridgehead atoms. The molecule has 0 radical (unpaired) electrons. The molecule has 0 atom stereocenters. The van der Waals surface area contributed by atoms with Crippen molar-refractivity contribution in [3.05, 3.63) is 5.82 Å². The molecule has 0 spiro atoms. The highest BCUT2D eigenvalue weighted by Crippen LogP contribution is 2.20. The lowest BCUT2D eigenvalue weighted by Gasteiger charge is -2.31. The van der Waals surface area contributed by atoms with Crippen molar-refractivity contribution in [3.63, 3.8) is 0 Å². The Labute approximate surface area is 116 Å². The zero-order valence-corrected chi connectivity index (χ0v) is 12.3. The van der Waals surface area contributed by atoms with E-state index < -0.39 is 0 Å². The zero-order valence-electron chi connectivity index (χ0n) is 12.3. The minimum atomic E-state index is 0.815. The van der Waals surface area contributed by atoms with Crippen LogP contribution in [0.4, 0.5) is 5.95 Å². The quantitative estimate of drug-likeness (QED) is 0.791. The fraction of sp³-hybridized carbons (Fsp3) is 0.857. The lowest BCUT2D eigenvalue weighted by Crippen LogP contribution is -2.37. The molecule has 0 aromatic carbocycles. The lowest BCUT2D eigenvalue weighted by atomic mass is 9.97. The Bertz CT molecular complexity index is 354. The molecule has 5 nitrogen and oxygen atoms in total. The van der Waals surface area contributed by atoms with Gasteiger partial charge in [0.2, 0.25) is 5.95 Å². The van der Waals surface area contributed by atoms with Crippen LogP contribution in [-0.2, 0) is 6.42 Å². The third-order valence-corrected chi connectivity index (χ3v) is 3.87. The highest BCUT2D eigenvalue weighted by atomic mass is 15.4. The zero-order chi connectivity index (χ0) is 13.5. The predicted molar refractivity (Wildman–Crippen MR) is 78.5 cm³/mol. The van der Waals surface area contributed by atoms with Gasteiger partial charge < -0.3 is 10.2 Å². The molecule has 0 amide bonds. The maximum absolute atomic E-state index is 4.60. The van der Waals surface area contributed by atoms with Crippen molar-refractivity contribution in [2.45, 2.75) is 46.0 Å². The summed E-state index contributed by atoms with van der Waals surface area (Å²) in [6.45, 7) is 8.76. The van der Waals surface area contributed by atoms with Crippen LogP contribution in [0.25, 0.3) is 0 Å². The van der Waals surface area contributed by atoms with Crippen molar-refractivity contribution in [2.75, 3.05) is 31.1 Å².